The highest BCUT2D eigenvalue weighted by atomic mass is 16.6. The summed E-state index contributed by atoms with van der Waals surface area (Å²) in [7, 11) is 0. The fraction of sp³-hybridized carbons (Fsp3) is 0.450. The third kappa shape index (κ3) is 4.11. The number of benzene rings is 1. The second-order valence-corrected chi connectivity index (χ2v) is 8.20. The van der Waals surface area contributed by atoms with Crippen molar-refractivity contribution in [3.05, 3.63) is 29.8 Å². The van der Waals surface area contributed by atoms with E-state index in [9.17, 15) is 24.0 Å². The van der Waals surface area contributed by atoms with Crippen molar-refractivity contribution in [3.63, 3.8) is 0 Å². The topological polar surface area (TPSA) is 110 Å². The van der Waals surface area contributed by atoms with E-state index in [2.05, 4.69) is 5.32 Å². The van der Waals surface area contributed by atoms with E-state index in [0.29, 0.717) is 10.5 Å². The Morgan fingerprint density at radius 2 is 1.75 bits per heavy atom. The van der Waals surface area contributed by atoms with Gasteiger partial charge in [0.05, 0.1) is 0 Å². The van der Waals surface area contributed by atoms with Crippen molar-refractivity contribution in [2.75, 3.05) is 5.32 Å². The molecule has 1 atom stereocenters. The number of carbonyl (C=O) groups excluding carboxylic acids is 5. The van der Waals surface area contributed by atoms with Crippen molar-refractivity contribution in [2.45, 2.75) is 53.2 Å². The minimum atomic E-state index is -1.69. The number of rotatable bonds is 5. The second kappa shape index (κ2) is 7.18. The summed E-state index contributed by atoms with van der Waals surface area (Å²) in [5, 5.41) is 2.52. The fourth-order valence-electron chi connectivity index (χ4n) is 2.70. The Bertz CT molecular complexity index is 866. The normalized spacial score (nSPS) is 17.1. The number of Topliss-reactive ketones (excluding diaryl/α,β-unsaturated/α-hetero) is 2. The molecule has 8 heteroatoms. The molecular weight excluding hydrogens is 364 g/mol. The molecule has 1 aliphatic rings. The highest BCUT2D eigenvalue weighted by Crippen LogP contribution is 2.29. The summed E-state index contributed by atoms with van der Waals surface area (Å²) < 4.78 is 5.03. The van der Waals surface area contributed by atoms with Crippen molar-refractivity contribution < 1.29 is 28.7 Å². The molecule has 1 aromatic rings. The van der Waals surface area contributed by atoms with Gasteiger partial charge in [0.15, 0.2) is 23.2 Å². The van der Waals surface area contributed by atoms with Gasteiger partial charge < -0.3 is 10.1 Å². The van der Waals surface area contributed by atoms with Gasteiger partial charge in [0.2, 0.25) is 0 Å². The first kappa shape index (κ1) is 21.3. The van der Waals surface area contributed by atoms with Crippen molar-refractivity contribution in [3.8, 4) is 0 Å². The molecule has 1 saturated heterocycles. The number of nitrogens with one attached hydrogen (secondary N) is 1. The Balaban J connectivity index is 2.43. The summed E-state index contributed by atoms with van der Waals surface area (Å²) in [6.45, 7) is 8.92. The van der Waals surface area contributed by atoms with Crippen LogP contribution in [0.4, 0.5) is 10.5 Å². The van der Waals surface area contributed by atoms with Crippen LogP contribution in [0.2, 0.25) is 0 Å². The average molecular weight is 388 g/mol. The Morgan fingerprint density at radius 3 is 2.21 bits per heavy atom. The van der Waals surface area contributed by atoms with Crippen molar-refractivity contribution in [2.24, 2.45) is 5.41 Å². The lowest BCUT2D eigenvalue weighted by atomic mass is 9.85. The molecule has 1 N–H and O–H groups in total. The minimum absolute atomic E-state index is 0.196. The molecule has 0 aromatic heterocycles. The number of imide groups is 1. The first-order valence-electron chi connectivity index (χ1n) is 8.78. The summed E-state index contributed by atoms with van der Waals surface area (Å²) in [6, 6.07) is 4.46. The predicted octanol–water partition coefficient (Wildman–Crippen LogP) is 2.57. The molecular formula is C20H24N2O6. The number of anilines is 1. The molecule has 8 nitrogen and oxygen atoms in total. The van der Waals surface area contributed by atoms with Crippen LogP contribution in [-0.4, -0.2) is 46.0 Å². The quantitative estimate of drug-likeness (QED) is 0.613. The van der Waals surface area contributed by atoms with Crippen LogP contribution in [0.25, 0.3) is 0 Å². The predicted molar refractivity (Wildman–Crippen MR) is 101 cm³/mol. The van der Waals surface area contributed by atoms with Gasteiger partial charge in [0, 0.05) is 16.7 Å². The molecule has 28 heavy (non-hydrogen) atoms. The van der Waals surface area contributed by atoms with Gasteiger partial charge in [-0.25, -0.2) is 9.69 Å². The van der Waals surface area contributed by atoms with E-state index in [4.69, 9.17) is 4.74 Å². The van der Waals surface area contributed by atoms with Gasteiger partial charge in [-0.1, -0.05) is 32.9 Å². The van der Waals surface area contributed by atoms with Gasteiger partial charge in [-0.3, -0.25) is 19.2 Å². The monoisotopic (exact) mass is 388 g/mol. The molecule has 1 fully saturated rings. The Kier molecular flexibility index (Phi) is 5.45. The maximum absolute atomic E-state index is 13.0. The van der Waals surface area contributed by atoms with Crippen LogP contribution in [0.5, 0.6) is 0 Å². The molecule has 0 saturated carbocycles. The Hall–Kier alpha value is -3.03. The van der Waals surface area contributed by atoms with Gasteiger partial charge in [0.1, 0.15) is 0 Å². The standard InChI is InChI=1S/C20H24N2O6/c1-11(23)12-8-7-9-13(10-12)21-16(25)14(15(24)19(2,3)4)22-17(26)20(5,6)28-18(22)27/h7-10,14H,1-6H3,(H,21,25). The first-order valence-corrected chi connectivity index (χ1v) is 8.78. The number of hydrogen-bond acceptors (Lipinski definition) is 6. The van der Waals surface area contributed by atoms with Crippen LogP contribution in [0.15, 0.2) is 24.3 Å². The lowest BCUT2D eigenvalue weighted by Gasteiger charge is -2.28. The summed E-state index contributed by atoms with van der Waals surface area (Å²) in [5.41, 5.74) is -1.84. The molecule has 1 heterocycles. The lowest BCUT2D eigenvalue weighted by Crippen LogP contribution is -2.55. The number of ether oxygens (including phenoxy) is 1. The summed E-state index contributed by atoms with van der Waals surface area (Å²) >= 11 is 0. The Morgan fingerprint density at radius 1 is 1.14 bits per heavy atom. The lowest BCUT2D eigenvalue weighted by molar-refractivity contribution is -0.145. The maximum atomic E-state index is 13.0. The smallest absolute Gasteiger partial charge is 0.418 e. The molecule has 150 valence electrons. The zero-order valence-corrected chi connectivity index (χ0v) is 16.8. The van der Waals surface area contributed by atoms with Gasteiger partial charge in [-0.15, -0.1) is 0 Å². The van der Waals surface area contributed by atoms with E-state index < -0.39 is 40.7 Å². The number of carbonyl (C=O) groups is 5. The third-order valence-corrected chi connectivity index (χ3v) is 4.30. The molecule has 0 spiro atoms. The third-order valence-electron chi connectivity index (χ3n) is 4.30. The zero-order chi connectivity index (χ0) is 21.4. The first-order chi connectivity index (χ1) is 12.8. The number of hydrogen-bond donors (Lipinski definition) is 1. The van der Waals surface area contributed by atoms with E-state index in [1.165, 1.54) is 32.9 Å². The molecule has 0 radical (unpaired) electrons. The molecule has 1 unspecified atom stereocenters. The van der Waals surface area contributed by atoms with Gasteiger partial charge in [-0.05, 0) is 32.9 Å². The minimum Gasteiger partial charge on any atom is -0.433 e. The van der Waals surface area contributed by atoms with Crippen molar-refractivity contribution >= 4 is 35.2 Å². The highest BCUT2D eigenvalue weighted by molar-refractivity contribution is 6.18. The summed E-state index contributed by atoms with van der Waals surface area (Å²) in [6.07, 6.45) is -1.05. The van der Waals surface area contributed by atoms with Crippen LogP contribution >= 0.6 is 0 Å². The molecule has 2 rings (SSSR count). The molecule has 0 bridgehead atoms. The van der Waals surface area contributed by atoms with Crippen LogP contribution in [0.1, 0.15) is 51.9 Å². The fourth-order valence-corrected chi connectivity index (χ4v) is 2.70. The largest absolute Gasteiger partial charge is 0.433 e. The molecule has 3 amide bonds. The number of nitrogens with zero attached hydrogens (tertiary/aromatic N) is 1. The van der Waals surface area contributed by atoms with Crippen molar-refractivity contribution in [1.29, 1.82) is 0 Å². The highest BCUT2D eigenvalue weighted by Gasteiger charge is 2.55. The van der Waals surface area contributed by atoms with Crippen LogP contribution < -0.4 is 5.32 Å². The van der Waals surface area contributed by atoms with E-state index in [-0.39, 0.29) is 11.5 Å². The van der Waals surface area contributed by atoms with Gasteiger partial charge >= 0.3 is 6.09 Å². The summed E-state index contributed by atoms with van der Waals surface area (Å²) in [4.78, 5) is 62.9. The second-order valence-electron chi connectivity index (χ2n) is 8.20. The van der Waals surface area contributed by atoms with Crippen LogP contribution in [0, 0.1) is 5.41 Å². The van der Waals surface area contributed by atoms with Gasteiger partial charge in [-0.2, -0.15) is 0 Å². The molecule has 1 aliphatic heterocycles. The van der Waals surface area contributed by atoms with Gasteiger partial charge in [0.25, 0.3) is 11.8 Å². The zero-order valence-electron chi connectivity index (χ0n) is 16.8. The summed E-state index contributed by atoms with van der Waals surface area (Å²) in [5.74, 6) is -2.44. The van der Waals surface area contributed by atoms with E-state index in [1.807, 2.05) is 0 Å². The molecule has 1 aromatic carbocycles. The van der Waals surface area contributed by atoms with Crippen LogP contribution in [-0.2, 0) is 19.1 Å². The number of ketones is 2. The van der Waals surface area contributed by atoms with Crippen molar-refractivity contribution in [1.82, 2.24) is 4.90 Å². The Labute approximate surface area is 163 Å². The van der Waals surface area contributed by atoms with Crippen LogP contribution in [0.3, 0.4) is 0 Å². The van der Waals surface area contributed by atoms with E-state index >= 15 is 0 Å². The SMILES string of the molecule is CC(=O)c1cccc(NC(=O)C(C(=O)C(C)(C)C)N2C(=O)OC(C)(C)C2=O)c1. The van der Waals surface area contributed by atoms with E-state index in [0.717, 1.165) is 0 Å². The number of cyclic esters (lactones) is 1. The maximum Gasteiger partial charge on any atom is 0.418 e. The average Bonchev–Trinajstić information content (AvgIpc) is 2.76. The number of amides is 3. The molecule has 0 aliphatic carbocycles. The van der Waals surface area contributed by atoms with E-state index in [1.54, 1.807) is 32.9 Å².